The van der Waals surface area contributed by atoms with Gasteiger partial charge in [-0.25, -0.2) is 4.79 Å². The monoisotopic (exact) mass is 324 g/mol. The van der Waals surface area contributed by atoms with Crippen LogP contribution < -0.4 is 15.4 Å². The molecule has 0 aliphatic heterocycles. The summed E-state index contributed by atoms with van der Waals surface area (Å²) in [6.45, 7) is 2.55. The van der Waals surface area contributed by atoms with Gasteiger partial charge in [0, 0.05) is 29.2 Å². The number of aromatic nitrogens is 2. The molecule has 124 valence electrons. The summed E-state index contributed by atoms with van der Waals surface area (Å²) in [6.07, 6.45) is 3.59. The maximum absolute atomic E-state index is 12.3. The number of fused-ring (bicyclic) bond motifs is 1. The van der Waals surface area contributed by atoms with Gasteiger partial charge < -0.3 is 15.4 Å². The highest BCUT2D eigenvalue weighted by Crippen LogP contribution is 2.31. The van der Waals surface area contributed by atoms with Crippen LogP contribution >= 0.6 is 0 Å². The fourth-order valence-electron chi connectivity index (χ4n) is 2.68. The van der Waals surface area contributed by atoms with Gasteiger partial charge in [-0.05, 0) is 25.1 Å². The van der Waals surface area contributed by atoms with E-state index < -0.39 is 0 Å². The number of nitrogens with zero attached hydrogens (tertiary/aromatic N) is 2. The second kappa shape index (κ2) is 7.04. The number of nitrogens with one attached hydrogen (secondary N) is 2. The highest BCUT2D eigenvalue weighted by molar-refractivity contribution is 6.03. The van der Waals surface area contributed by atoms with Crippen LogP contribution in [0.3, 0.4) is 0 Å². The Morgan fingerprint density at radius 1 is 1.21 bits per heavy atom. The zero-order valence-electron chi connectivity index (χ0n) is 13.7. The lowest BCUT2D eigenvalue weighted by molar-refractivity contribution is 0.247. The highest BCUT2D eigenvalue weighted by atomic mass is 16.5. The molecular formula is C18H20N4O2. The van der Waals surface area contributed by atoms with E-state index in [1.165, 1.54) is 0 Å². The molecule has 0 radical (unpaired) electrons. The molecule has 1 atom stereocenters. The minimum atomic E-state index is -0.245. The zero-order valence-corrected chi connectivity index (χ0v) is 13.7. The van der Waals surface area contributed by atoms with Crippen molar-refractivity contribution in [1.82, 2.24) is 15.1 Å². The number of methoxy groups -OCH3 is 1. The standard InChI is InChI=1S/C18H20N4O2/c1-13(12-22-11-5-10-19-22)20-18(23)21-16-8-9-17(24-2)15-7-4-3-6-14(15)16/h3-11,13H,12H2,1-2H3,(H2,20,21,23). The second-order valence-electron chi connectivity index (χ2n) is 5.59. The molecule has 0 saturated heterocycles. The van der Waals surface area contributed by atoms with Gasteiger partial charge in [0.25, 0.3) is 0 Å². The van der Waals surface area contributed by atoms with E-state index in [0.29, 0.717) is 6.54 Å². The molecule has 0 fully saturated rings. The maximum atomic E-state index is 12.3. The first-order valence-electron chi connectivity index (χ1n) is 7.78. The van der Waals surface area contributed by atoms with Crippen molar-refractivity contribution in [2.45, 2.75) is 19.5 Å². The number of carbonyl (C=O) groups is 1. The number of anilines is 1. The van der Waals surface area contributed by atoms with Crippen LogP contribution in [0.2, 0.25) is 0 Å². The van der Waals surface area contributed by atoms with Gasteiger partial charge in [0.15, 0.2) is 0 Å². The van der Waals surface area contributed by atoms with E-state index in [1.807, 2.05) is 55.6 Å². The number of ether oxygens (including phenoxy) is 1. The SMILES string of the molecule is COc1ccc(NC(=O)NC(C)Cn2cccn2)c2ccccc12. The van der Waals surface area contributed by atoms with E-state index in [-0.39, 0.29) is 12.1 Å². The summed E-state index contributed by atoms with van der Waals surface area (Å²) in [5, 5.41) is 11.9. The van der Waals surface area contributed by atoms with E-state index >= 15 is 0 Å². The Morgan fingerprint density at radius 3 is 2.71 bits per heavy atom. The third-order valence-electron chi connectivity index (χ3n) is 3.75. The molecule has 0 spiro atoms. The number of hydrogen-bond donors (Lipinski definition) is 2. The molecular weight excluding hydrogens is 304 g/mol. The average Bonchev–Trinajstić information content (AvgIpc) is 3.08. The molecule has 24 heavy (non-hydrogen) atoms. The molecule has 2 aromatic carbocycles. The molecule has 0 aliphatic carbocycles. The summed E-state index contributed by atoms with van der Waals surface area (Å²) < 4.78 is 7.16. The largest absolute Gasteiger partial charge is 0.496 e. The van der Waals surface area contributed by atoms with Crippen molar-refractivity contribution in [3.63, 3.8) is 0 Å². The number of benzene rings is 2. The third-order valence-corrected chi connectivity index (χ3v) is 3.75. The minimum Gasteiger partial charge on any atom is -0.496 e. The lowest BCUT2D eigenvalue weighted by Crippen LogP contribution is -2.38. The summed E-state index contributed by atoms with van der Waals surface area (Å²) in [7, 11) is 1.64. The van der Waals surface area contributed by atoms with Crippen LogP contribution in [-0.4, -0.2) is 29.0 Å². The van der Waals surface area contributed by atoms with Gasteiger partial charge >= 0.3 is 6.03 Å². The molecule has 6 heteroatoms. The van der Waals surface area contributed by atoms with Gasteiger partial charge in [-0.2, -0.15) is 5.10 Å². The number of hydrogen-bond acceptors (Lipinski definition) is 3. The Hall–Kier alpha value is -3.02. The summed E-state index contributed by atoms with van der Waals surface area (Å²) in [4.78, 5) is 12.3. The fourth-order valence-corrected chi connectivity index (χ4v) is 2.68. The van der Waals surface area contributed by atoms with Crippen LogP contribution in [0.1, 0.15) is 6.92 Å². The summed E-state index contributed by atoms with van der Waals surface area (Å²) in [5.41, 5.74) is 0.746. The molecule has 3 aromatic rings. The number of carbonyl (C=O) groups excluding carboxylic acids is 1. The van der Waals surface area contributed by atoms with Crippen molar-refractivity contribution in [2.75, 3.05) is 12.4 Å². The van der Waals surface area contributed by atoms with Crippen molar-refractivity contribution in [3.8, 4) is 5.75 Å². The topological polar surface area (TPSA) is 68.2 Å². The van der Waals surface area contributed by atoms with Crippen molar-refractivity contribution in [1.29, 1.82) is 0 Å². The molecule has 0 bridgehead atoms. The Morgan fingerprint density at radius 2 is 2.00 bits per heavy atom. The molecule has 1 heterocycles. The predicted octanol–water partition coefficient (Wildman–Crippen LogP) is 3.26. The first kappa shape index (κ1) is 15.9. The van der Waals surface area contributed by atoms with Crippen molar-refractivity contribution in [2.24, 2.45) is 0 Å². The average molecular weight is 324 g/mol. The number of amides is 2. The quantitative estimate of drug-likeness (QED) is 0.757. The van der Waals surface area contributed by atoms with Crippen molar-refractivity contribution < 1.29 is 9.53 Å². The molecule has 6 nitrogen and oxygen atoms in total. The first-order valence-corrected chi connectivity index (χ1v) is 7.78. The molecule has 3 rings (SSSR count). The molecule has 2 N–H and O–H groups in total. The Bertz CT molecular complexity index is 830. The predicted molar refractivity (Wildman–Crippen MR) is 94.3 cm³/mol. The van der Waals surface area contributed by atoms with E-state index in [9.17, 15) is 4.79 Å². The first-order chi connectivity index (χ1) is 11.7. The van der Waals surface area contributed by atoms with Gasteiger partial charge in [0.05, 0.1) is 19.3 Å². The maximum Gasteiger partial charge on any atom is 0.319 e. The summed E-state index contributed by atoms with van der Waals surface area (Å²) in [6, 6.07) is 13.1. The van der Waals surface area contributed by atoms with Gasteiger partial charge in [-0.3, -0.25) is 4.68 Å². The van der Waals surface area contributed by atoms with E-state index in [0.717, 1.165) is 22.2 Å². The smallest absolute Gasteiger partial charge is 0.319 e. The van der Waals surface area contributed by atoms with Gasteiger partial charge in [0.2, 0.25) is 0 Å². The van der Waals surface area contributed by atoms with Crippen molar-refractivity contribution >= 4 is 22.5 Å². The van der Waals surface area contributed by atoms with Crippen LogP contribution in [0, 0.1) is 0 Å². The molecule has 2 amide bonds. The fraction of sp³-hybridized carbons (Fsp3) is 0.222. The molecule has 1 unspecified atom stereocenters. The summed E-state index contributed by atoms with van der Waals surface area (Å²) >= 11 is 0. The third kappa shape index (κ3) is 3.48. The van der Waals surface area contributed by atoms with Crippen LogP contribution in [0.5, 0.6) is 5.75 Å². The Labute approximate surface area is 140 Å². The van der Waals surface area contributed by atoms with Crippen LogP contribution in [0.15, 0.2) is 54.9 Å². The lowest BCUT2D eigenvalue weighted by Gasteiger charge is -2.16. The number of rotatable bonds is 5. The minimum absolute atomic E-state index is 0.0468. The highest BCUT2D eigenvalue weighted by Gasteiger charge is 2.11. The van der Waals surface area contributed by atoms with E-state index in [2.05, 4.69) is 15.7 Å². The molecule has 1 aromatic heterocycles. The van der Waals surface area contributed by atoms with Crippen LogP contribution in [-0.2, 0) is 6.54 Å². The zero-order chi connectivity index (χ0) is 16.9. The summed E-state index contributed by atoms with van der Waals surface area (Å²) in [5.74, 6) is 0.781. The molecule has 0 saturated carbocycles. The van der Waals surface area contributed by atoms with Crippen molar-refractivity contribution in [3.05, 3.63) is 54.9 Å². The van der Waals surface area contributed by atoms with E-state index in [4.69, 9.17) is 4.74 Å². The Kier molecular flexibility index (Phi) is 4.65. The van der Waals surface area contributed by atoms with Crippen LogP contribution in [0.25, 0.3) is 10.8 Å². The Balaban J connectivity index is 1.71. The lowest BCUT2D eigenvalue weighted by atomic mass is 10.1. The van der Waals surface area contributed by atoms with Gasteiger partial charge in [-0.1, -0.05) is 24.3 Å². The van der Waals surface area contributed by atoms with E-state index in [1.54, 1.807) is 18.0 Å². The number of urea groups is 1. The molecule has 0 aliphatic rings. The van der Waals surface area contributed by atoms with Gasteiger partial charge in [-0.15, -0.1) is 0 Å². The van der Waals surface area contributed by atoms with Crippen LogP contribution in [0.4, 0.5) is 10.5 Å². The van der Waals surface area contributed by atoms with Gasteiger partial charge in [0.1, 0.15) is 5.75 Å². The normalized spacial score (nSPS) is 11.9. The second-order valence-corrected chi connectivity index (χ2v) is 5.59.